The number of nitrogens with two attached hydrogens (primary N) is 3. The highest BCUT2D eigenvalue weighted by atomic mass is 16.4. The van der Waals surface area contributed by atoms with Crippen LogP contribution in [0.1, 0.15) is 54.4 Å². The van der Waals surface area contributed by atoms with Crippen molar-refractivity contribution in [3.05, 3.63) is 35.4 Å². The van der Waals surface area contributed by atoms with Gasteiger partial charge in [-0.3, -0.25) is 33.8 Å². The molecular formula is C27H41N9O7. The number of carboxylic acid groups (broad SMARTS) is 1. The number of hydrogen-bond donors (Lipinski definition) is 8. The lowest BCUT2D eigenvalue weighted by molar-refractivity contribution is -0.141. The van der Waals surface area contributed by atoms with E-state index in [4.69, 9.17) is 17.2 Å². The summed E-state index contributed by atoms with van der Waals surface area (Å²) in [5, 5.41) is 19.3. The molecule has 0 aromatic heterocycles. The van der Waals surface area contributed by atoms with Crippen molar-refractivity contribution in [1.29, 1.82) is 0 Å². The molecule has 236 valence electrons. The molecule has 5 amide bonds. The van der Waals surface area contributed by atoms with E-state index < -0.39 is 66.6 Å². The van der Waals surface area contributed by atoms with E-state index in [1.54, 1.807) is 12.1 Å². The van der Waals surface area contributed by atoms with E-state index in [1.165, 1.54) is 24.1 Å². The van der Waals surface area contributed by atoms with Gasteiger partial charge < -0.3 is 48.5 Å². The summed E-state index contributed by atoms with van der Waals surface area (Å²) in [4.78, 5) is 82.1. The number of carbonyl (C=O) groups is 6. The highest BCUT2D eigenvalue weighted by molar-refractivity contribution is 5.99. The van der Waals surface area contributed by atoms with Crippen molar-refractivity contribution in [3.8, 4) is 0 Å². The quantitative estimate of drug-likeness (QED) is 0.0791. The largest absolute Gasteiger partial charge is 0.481 e. The molecule has 0 saturated carbocycles. The van der Waals surface area contributed by atoms with Crippen LogP contribution in [0.4, 0.5) is 0 Å². The molecule has 1 aromatic rings. The molecule has 2 rings (SSSR count). The molecule has 1 aliphatic rings. The van der Waals surface area contributed by atoms with Gasteiger partial charge in [0, 0.05) is 25.7 Å². The number of nitrogens with one attached hydrogen (secondary N) is 4. The van der Waals surface area contributed by atoms with Crippen LogP contribution in [0.15, 0.2) is 29.3 Å². The van der Waals surface area contributed by atoms with Gasteiger partial charge in [-0.05, 0) is 56.3 Å². The van der Waals surface area contributed by atoms with Crippen LogP contribution in [0.25, 0.3) is 0 Å². The predicted octanol–water partition coefficient (Wildman–Crippen LogP) is -2.50. The molecule has 2 bridgehead atoms. The van der Waals surface area contributed by atoms with Gasteiger partial charge in [0.15, 0.2) is 5.96 Å². The molecule has 0 aliphatic carbocycles. The molecule has 0 spiro atoms. The Hall–Kier alpha value is -4.73. The zero-order valence-corrected chi connectivity index (χ0v) is 24.1. The Morgan fingerprint density at radius 2 is 1.70 bits per heavy atom. The summed E-state index contributed by atoms with van der Waals surface area (Å²) >= 11 is 0. The van der Waals surface area contributed by atoms with Crippen molar-refractivity contribution in [2.24, 2.45) is 22.2 Å². The average Bonchev–Trinajstić information content (AvgIpc) is 2.96. The summed E-state index contributed by atoms with van der Waals surface area (Å²) in [6.07, 6.45) is 1.12. The number of carboxylic acids is 1. The highest BCUT2D eigenvalue weighted by Gasteiger charge is 2.32. The van der Waals surface area contributed by atoms with E-state index >= 15 is 0 Å². The molecule has 0 saturated heterocycles. The van der Waals surface area contributed by atoms with Crippen LogP contribution in [-0.4, -0.2) is 96.3 Å². The van der Waals surface area contributed by atoms with E-state index in [9.17, 15) is 33.9 Å². The molecule has 3 atom stereocenters. The number of aliphatic carboxylic acids is 1. The van der Waals surface area contributed by atoms with Gasteiger partial charge in [0.05, 0.1) is 13.0 Å². The molecule has 43 heavy (non-hydrogen) atoms. The summed E-state index contributed by atoms with van der Waals surface area (Å²) in [5.74, 6) is -4.79. The smallest absolute Gasteiger partial charge is 0.305 e. The number of guanidine groups is 1. The molecule has 16 heteroatoms. The van der Waals surface area contributed by atoms with Gasteiger partial charge in [-0.1, -0.05) is 12.1 Å². The Bertz CT molecular complexity index is 1200. The monoisotopic (exact) mass is 603 g/mol. The van der Waals surface area contributed by atoms with Gasteiger partial charge in [0.25, 0.3) is 5.91 Å². The summed E-state index contributed by atoms with van der Waals surface area (Å²) in [7, 11) is 1.42. The van der Waals surface area contributed by atoms with E-state index in [0.29, 0.717) is 31.4 Å². The lowest BCUT2D eigenvalue weighted by Gasteiger charge is -2.31. The van der Waals surface area contributed by atoms with Gasteiger partial charge in [-0.25, -0.2) is 0 Å². The molecule has 11 N–H and O–H groups in total. The first kappa shape index (κ1) is 34.5. The minimum atomic E-state index is -1.43. The lowest BCUT2D eigenvalue weighted by atomic mass is 10.0. The van der Waals surface area contributed by atoms with Crippen LogP contribution in [0.2, 0.25) is 0 Å². The number of unbranched alkanes of at least 4 members (excludes halogenated alkanes) is 1. The Balaban J connectivity index is 2.45. The number of benzene rings is 1. The maximum Gasteiger partial charge on any atom is 0.305 e. The van der Waals surface area contributed by atoms with E-state index in [1.807, 2.05) is 0 Å². The summed E-state index contributed by atoms with van der Waals surface area (Å²) < 4.78 is 0. The third kappa shape index (κ3) is 11.6. The number of rotatable bonds is 10. The van der Waals surface area contributed by atoms with Crippen LogP contribution in [0, 0.1) is 0 Å². The first-order chi connectivity index (χ1) is 20.4. The molecule has 1 heterocycles. The van der Waals surface area contributed by atoms with Crippen LogP contribution >= 0.6 is 0 Å². The van der Waals surface area contributed by atoms with Crippen molar-refractivity contribution in [2.75, 3.05) is 26.7 Å². The number of hydrogen-bond acceptors (Lipinski definition) is 8. The third-order valence-corrected chi connectivity index (χ3v) is 6.71. The molecule has 1 unspecified atom stereocenters. The fourth-order valence-electron chi connectivity index (χ4n) is 4.43. The summed E-state index contributed by atoms with van der Waals surface area (Å²) in [5.41, 5.74) is 17.1. The maximum absolute atomic E-state index is 13.7. The second-order valence-electron chi connectivity index (χ2n) is 10.1. The van der Waals surface area contributed by atoms with Gasteiger partial charge in [0.2, 0.25) is 23.6 Å². The standard InChI is InChI=1S/C27H41N9O7/c1-36-20(9-5-11-31-27(29)30)25(42)33-15-21(37)34-19(13-22(38)39)24(41)32-14-16-6-4-7-17(12-16)23(40)35-18(26(36)43)8-2-3-10-28/h4,6-7,12,18-20H,2-3,5,8-11,13-15,28H2,1H3,(H,32,41)(H,33,42)(H,34,37)(H,35,40)(H,38,39)(H4,29,30,31)/t18?,19-,20-/m0/s1. The number of nitrogens with zero attached hydrogens (tertiary/aromatic N) is 2. The molecule has 0 radical (unpaired) electrons. The van der Waals surface area contributed by atoms with Crippen molar-refractivity contribution in [2.45, 2.75) is 63.2 Å². The number of amides is 5. The fraction of sp³-hybridized carbons (Fsp3) is 0.519. The van der Waals surface area contributed by atoms with E-state index in [2.05, 4.69) is 26.3 Å². The van der Waals surface area contributed by atoms with Crippen molar-refractivity contribution >= 4 is 41.5 Å². The summed E-state index contributed by atoms with van der Waals surface area (Å²) in [6.45, 7) is -0.0868. The van der Waals surface area contributed by atoms with Crippen LogP contribution in [-0.2, 0) is 30.5 Å². The van der Waals surface area contributed by atoms with Gasteiger partial charge in [0.1, 0.15) is 18.1 Å². The predicted molar refractivity (Wildman–Crippen MR) is 156 cm³/mol. The zero-order chi connectivity index (χ0) is 31.9. The number of likely N-dealkylation sites (N-methyl/N-ethyl adjacent to an activating group) is 1. The van der Waals surface area contributed by atoms with E-state index in [0.717, 1.165) is 0 Å². The molecule has 16 nitrogen and oxygen atoms in total. The zero-order valence-electron chi connectivity index (χ0n) is 24.1. The highest BCUT2D eigenvalue weighted by Crippen LogP contribution is 2.13. The Labute approximate surface area is 249 Å². The van der Waals surface area contributed by atoms with Gasteiger partial charge in [-0.2, -0.15) is 0 Å². The van der Waals surface area contributed by atoms with Crippen molar-refractivity contribution < 1.29 is 33.9 Å². The maximum atomic E-state index is 13.7. The minimum absolute atomic E-state index is 0.0637. The first-order valence-corrected chi connectivity index (χ1v) is 13.9. The Kier molecular flexibility index (Phi) is 13.9. The normalized spacial score (nSPS) is 20.6. The molecule has 1 aliphatic heterocycles. The van der Waals surface area contributed by atoms with Crippen LogP contribution in [0.5, 0.6) is 0 Å². The number of aliphatic imine (C=N–C) groups is 1. The Morgan fingerprint density at radius 1 is 0.977 bits per heavy atom. The number of fused-ring (bicyclic) bond motifs is 2. The van der Waals surface area contributed by atoms with Gasteiger partial charge >= 0.3 is 5.97 Å². The molecule has 0 fully saturated rings. The fourth-order valence-corrected chi connectivity index (χ4v) is 4.43. The van der Waals surface area contributed by atoms with Crippen LogP contribution < -0.4 is 38.5 Å². The third-order valence-electron chi connectivity index (χ3n) is 6.71. The number of carbonyl (C=O) groups excluding carboxylic acids is 5. The van der Waals surface area contributed by atoms with Crippen molar-refractivity contribution in [1.82, 2.24) is 26.2 Å². The lowest BCUT2D eigenvalue weighted by Crippen LogP contribution is -2.56. The second kappa shape index (κ2) is 17.3. The molecular weight excluding hydrogens is 562 g/mol. The first-order valence-electron chi connectivity index (χ1n) is 13.9. The average molecular weight is 604 g/mol. The Morgan fingerprint density at radius 3 is 2.37 bits per heavy atom. The van der Waals surface area contributed by atoms with E-state index in [-0.39, 0.29) is 37.5 Å². The second-order valence-corrected chi connectivity index (χ2v) is 10.1. The van der Waals surface area contributed by atoms with Crippen molar-refractivity contribution in [3.63, 3.8) is 0 Å². The SMILES string of the molecule is CN1C(=O)C(CCCCN)NC(=O)c2cccc(c2)CNC(=O)[C@H](CC(=O)O)NC(=O)CNC(=O)[C@@H]1CCCN=C(N)N. The topological polar surface area (TPSA) is 264 Å². The van der Waals surface area contributed by atoms with Crippen LogP contribution in [0.3, 0.4) is 0 Å². The molecule has 1 aromatic carbocycles. The minimum Gasteiger partial charge on any atom is -0.481 e. The van der Waals surface area contributed by atoms with Gasteiger partial charge in [-0.15, -0.1) is 0 Å². The summed E-state index contributed by atoms with van der Waals surface area (Å²) in [6, 6.07) is 2.82.